The number of benzene rings is 1. The van der Waals surface area contributed by atoms with Crippen LogP contribution in [0, 0.1) is 11.6 Å². The molecule has 0 aromatic heterocycles. The van der Waals surface area contributed by atoms with E-state index in [1.807, 2.05) is 6.92 Å². The van der Waals surface area contributed by atoms with Gasteiger partial charge >= 0.3 is 0 Å². The summed E-state index contributed by atoms with van der Waals surface area (Å²) in [5.74, 6) is -1.89. The fourth-order valence-corrected chi connectivity index (χ4v) is 2.16. The first-order valence-electron chi connectivity index (χ1n) is 6.75. The lowest BCUT2D eigenvalue weighted by Gasteiger charge is -2.21. The van der Waals surface area contributed by atoms with Gasteiger partial charge in [-0.1, -0.05) is 15.9 Å². The van der Waals surface area contributed by atoms with Crippen molar-refractivity contribution < 1.29 is 13.5 Å². The quantitative estimate of drug-likeness (QED) is 0.595. The largest absolute Gasteiger partial charge is 0.487 e. The Morgan fingerprint density at radius 3 is 2.55 bits per heavy atom. The number of halogens is 3. The van der Waals surface area contributed by atoms with Crippen molar-refractivity contribution in [3.8, 4) is 5.75 Å². The predicted octanol–water partition coefficient (Wildman–Crippen LogP) is 4.66. The molecular weight excluding hydrogens is 328 g/mol. The zero-order valence-corrected chi connectivity index (χ0v) is 14.0. The van der Waals surface area contributed by atoms with Crippen LogP contribution in [0.1, 0.15) is 40.5 Å². The minimum absolute atomic E-state index is 0.0480. The molecule has 1 unspecified atom stereocenters. The highest BCUT2D eigenvalue weighted by molar-refractivity contribution is 9.10. The van der Waals surface area contributed by atoms with E-state index in [0.717, 1.165) is 25.5 Å². The molecule has 0 fully saturated rings. The molecule has 1 aromatic carbocycles. The van der Waals surface area contributed by atoms with Crippen molar-refractivity contribution in [3.05, 3.63) is 28.2 Å². The van der Waals surface area contributed by atoms with Gasteiger partial charge in [0.1, 0.15) is 0 Å². The second kappa shape index (κ2) is 7.36. The third-order valence-electron chi connectivity index (χ3n) is 2.73. The van der Waals surface area contributed by atoms with Crippen LogP contribution in [0.5, 0.6) is 5.75 Å². The van der Waals surface area contributed by atoms with Crippen molar-refractivity contribution in [2.75, 3.05) is 6.54 Å². The third kappa shape index (κ3) is 6.18. The second-order valence-electron chi connectivity index (χ2n) is 5.95. The Kier molecular flexibility index (Phi) is 6.40. The van der Waals surface area contributed by atoms with Gasteiger partial charge < -0.3 is 10.1 Å². The summed E-state index contributed by atoms with van der Waals surface area (Å²) in [5.41, 5.74) is 0.0869. The van der Waals surface area contributed by atoms with Gasteiger partial charge in [0, 0.05) is 10.0 Å². The van der Waals surface area contributed by atoms with Crippen molar-refractivity contribution in [1.82, 2.24) is 5.32 Å². The van der Waals surface area contributed by atoms with Crippen LogP contribution in [0.2, 0.25) is 0 Å². The summed E-state index contributed by atoms with van der Waals surface area (Å²) in [4.78, 5) is 0. The Bertz CT molecular complexity index is 446. The van der Waals surface area contributed by atoms with E-state index in [1.165, 1.54) is 6.07 Å². The molecule has 0 heterocycles. The van der Waals surface area contributed by atoms with Gasteiger partial charge in [0.05, 0.1) is 6.10 Å². The highest BCUT2D eigenvalue weighted by Gasteiger charge is 2.14. The summed E-state index contributed by atoms with van der Waals surface area (Å²) in [6, 6.07) is 2.53. The van der Waals surface area contributed by atoms with E-state index >= 15 is 0 Å². The first-order valence-corrected chi connectivity index (χ1v) is 7.54. The maximum Gasteiger partial charge on any atom is 0.200 e. The highest BCUT2D eigenvalue weighted by Crippen LogP contribution is 2.26. The molecule has 1 N–H and O–H groups in total. The summed E-state index contributed by atoms with van der Waals surface area (Å²) < 4.78 is 32.7. The van der Waals surface area contributed by atoms with Crippen molar-refractivity contribution in [2.45, 2.75) is 52.2 Å². The van der Waals surface area contributed by atoms with Gasteiger partial charge in [-0.15, -0.1) is 0 Å². The zero-order chi connectivity index (χ0) is 15.3. The average molecular weight is 350 g/mol. The van der Waals surface area contributed by atoms with E-state index in [2.05, 4.69) is 42.0 Å². The Morgan fingerprint density at radius 1 is 1.30 bits per heavy atom. The number of ether oxygens (including phenoxy) is 1. The fraction of sp³-hybridized carbons (Fsp3) is 0.600. The van der Waals surface area contributed by atoms with Crippen LogP contribution in [-0.4, -0.2) is 18.2 Å². The predicted molar refractivity (Wildman–Crippen MR) is 81.1 cm³/mol. The summed E-state index contributed by atoms with van der Waals surface area (Å²) >= 11 is 3.13. The lowest BCUT2D eigenvalue weighted by molar-refractivity contribution is 0.194. The van der Waals surface area contributed by atoms with Gasteiger partial charge in [-0.05, 0) is 59.2 Å². The molecule has 20 heavy (non-hydrogen) atoms. The lowest BCUT2D eigenvalue weighted by atomic mass is 10.1. The molecule has 0 aliphatic heterocycles. The van der Waals surface area contributed by atoms with Crippen LogP contribution in [0.25, 0.3) is 0 Å². The monoisotopic (exact) mass is 349 g/mol. The molecule has 0 saturated heterocycles. The standard InChI is InChI=1S/C15H22BrF2NO/c1-10(6-5-7-19-15(2,3)4)20-13-9-11(16)8-12(17)14(13)18/h8-10,19H,5-7H2,1-4H3. The molecule has 1 atom stereocenters. The van der Waals surface area contributed by atoms with Crippen molar-refractivity contribution in [3.63, 3.8) is 0 Å². The molecule has 0 amide bonds. The van der Waals surface area contributed by atoms with Gasteiger partial charge in [-0.25, -0.2) is 4.39 Å². The number of rotatable bonds is 6. The summed E-state index contributed by atoms with van der Waals surface area (Å²) in [7, 11) is 0. The lowest BCUT2D eigenvalue weighted by Crippen LogP contribution is -2.36. The Labute approximate surface area is 128 Å². The van der Waals surface area contributed by atoms with Crippen molar-refractivity contribution >= 4 is 15.9 Å². The normalized spacial score (nSPS) is 13.3. The van der Waals surface area contributed by atoms with Crippen LogP contribution >= 0.6 is 15.9 Å². The second-order valence-corrected chi connectivity index (χ2v) is 6.86. The SMILES string of the molecule is CC(CCCNC(C)(C)C)Oc1cc(Br)cc(F)c1F. The minimum Gasteiger partial charge on any atom is -0.487 e. The van der Waals surface area contributed by atoms with Crippen LogP contribution in [0.3, 0.4) is 0 Å². The number of hydrogen-bond acceptors (Lipinski definition) is 2. The van der Waals surface area contributed by atoms with Gasteiger partial charge in [0.2, 0.25) is 5.82 Å². The van der Waals surface area contributed by atoms with E-state index in [0.29, 0.717) is 4.47 Å². The third-order valence-corrected chi connectivity index (χ3v) is 3.19. The van der Waals surface area contributed by atoms with E-state index in [9.17, 15) is 8.78 Å². The molecule has 1 rings (SSSR count). The minimum atomic E-state index is -0.937. The van der Waals surface area contributed by atoms with E-state index in [1.54, 1.807) is 0 Å². The van der Waals surface area contributed by atoms with E-state index in [4.69, 9.17) is 4.74 Å². The van der Waals surface area contributed by atoms with Gasteiger partial charge in [-0.3, -0.25) is 0 Å². The smallest absolute Gasteiger partial charge is 0.200 e. The van der Waals surface area contributed by atoms with Crippen molar-refractivity contribution in [2.24, 2.45) is 0 Å². The Hall–Kier alpha value is -0.680. The molecule has 0 saturated carbocycles. The van der Waals surface area contributed by atoms with Crippen LogP contribution in [0.15, 0.2) is 16.6 Å². The molecule has 2 nitrogen and oxygen atoms in total. The van der Waals surface area contributed by atoms with E-state index < -0.39 is 11.6 Å². The maximum atomic E-state index is 13.6. The molecule has 1 aromatic rings. The highest BCUT2D eigenvalue weighted by atomic mass is 79.9. The zero-order valence-electron chi connectivity index (χ0n) is 12.4. The molecule has 0 bridgehead atoms. The number of hydrogen-bond donors (Lipinski definition) is 1. The first-order chi connectivity index (χ1) is 9.19. The maximum absolute atomic E-state index is 13.6. The average Bonchev–Trinajstić information content (AvgIpc) is 2.30. The Balaban J connectivity index is 2.45. The fourth-order valence-electron chi connectivity index (χ4n) is 1.75. The Morgan fingerprint density at radius 2 is 1.95 bits per heavy atom. The van der Waals surface area contributed by atoms with Gasteiger partial charge in [0.15, 0.2) is 11.6 Å². The van der Waals surface area contributed by atoms with Gasteiger partial charge in [-0.2, -0.15) is 4.39 Å². The van der Waals surface area contributed by atoms with E-state index in [-0.39, 0.29) is 17.4 Å². The first kappa shape index (κ1) is 17.4. The molecule has 0 spiro atoms. The van der Waals surface area contributed by atoms with Crippen LogP contribution < -0.4 is 10.1 Å². The molecule has 0 aliphatic rings. The summed E-state index contributed by atoms with van der Waals surface area (Å²) in [6.07, 6.45) is 1.52. The summed E-state index contributed by atoms with van der Waals surface area (Å²) in [6.45, 7) is 9.04. The molecular formula is C15H22BrF2NO. The molecule has 5 heteroatoms. The van der Waals surface area contributed by atoms with Crippen LogP contribution in [0.4, 0.5) is 8.78 Å². The van der Waals surface area contributed by atoms with Crippen LogP contribution in [-0.2, 0) is 0 Å². The summed E-state index contributed by atoms with van der Waals surface area (Å²) in [5, 5.41) is 3.37. The number of nitrogens with one attached hydrogen (secondary N) is 1. The molecule has 0 radical (unpaired) electrons. The topological polar surface area (TPSA) is 21.3 Å². The van der Waals surface area contributed by atoms with Crippen molar-refractivity contribution in [1.29, 1.82) is 0 Å². The molecule has 114 valence electrons. The molecule has 0 aliphatic carbocycles. The van der Waals surface area contributed by atoms with Gasteiger partial charge in [0.25, 0.3) is 0 Å².